The minimum Gasteiger partial charge on any atom is -0.463 e. The molecule has 2 rings (SSSR count). The second-order valence-corrected chi connectivity index (χ2v) is 5.76. The molecule has 1 aromatic rings. The highest BCUT2D eigenvalue weighted by Gasteiger charge is 2.17. The van der Waals surface area contributed by atoms with Gasteiger partial charge in [-0.2, -0.15) is 0 Å². The fraction of sp³-hybridized carbons (Fsp3) is 0.750. The maximum Gasteiger partial charge on any atom is 0.118 e. The largest absolute Gasteiger partial charge is 0.463 e. The van der Waals surface area contributed by atoms with Gasteiger partial charge in [0.1, 0.15) is 11.5 Å². The second-order valence-electron chi connectivity index (χ2n) is 5.76. The van der Waals surface area contributed by atoms with Crippen LogP contribution < -0.4 is 5.32 Å². The van der Waals surface area contributed by atoms with E-state index in [4.69, 9.17) is 4.42 Å². The molecule has 1 aromatic heterocycles. The zero-order chi connectivity index (χ0) is 13.5. The Morgan fingerprint density at radius 1 is 1.26 bits per heavy atom. The number of hydrogen-bond acceptors (Lipinski definition) is 3. The maximum atomic E-state index is 5.84. The number of furan rings is 1. The van der Waals surface area contributed by atoms with Crippen LogP contribution in [0.1, 0.15) is 50.5 Å². The van der Waals surface area contributed by atoms with E-state index in [1.165, 1.54) is 45.2 Å². The van der Waals surface area contributed by atoms with Crippen LogP contribution in [0.2, 0.25) is 0 Å². The highest BCUT2D eigenvalue weighted by molar-refractivity contribution is 5.07. The van der Waals surface area contributed by atoms with Crippen LogP contribution in [0.4, 0.5) is 0 Å². The van der Waals surface area contributed by atoms with Gasteiger partial charge in [-0.25, -0.2) is 0 Å². The summed E-state index contributed by atoms with van der Waals surface area (Å²) in [6.45, 7) is 6.55. The highest BCUT2D eigenvalue weighted by Crippen LogP contribution is 2.23. The Morgan fingerprint density at radius 3 is 2.89 bits per heavy atom. The Morgan fingerprint density at radius 2 is 2.11 bits per heavy atom. The van der Waals surface area contributed by atoms with Crippen LogP contribution in [0, 0.1) is 5.92 Å². The first-order valence-electron chi connectivity index (χ1n) is 7.76. The summed E-state index contributed by atoms with van der Waals surface area (Å²) in [5, 5.41) is 3.12. The van der Waals surface area contributed by atoms with Gasteiger partial charge in [0.15, 0.2) is 0 Å². The average molecular weight is 264 g/mol. The van der Waals surface area contributed by atoms with E-state index in [1.54, 1.807) is 0 Å². The molecule has 1 fully saturated rings. The molecular formula is C16H28N2O. The third kappa shape index (κ3) is 4.66. The fourth-order valence-corrected chi connectivity index (χ4v) is 3.08. The Hall–Kier alpha value is -0.800. The average Bonchev–Trinajstić information content (AvgIpc) is 2.71. The summed E-state index contributed by atoms with van der Waals surface area (Å²) in [5.41, 5.74) is 0. The first kappa shape index (κ1) is 14.6. The molecule has 1 atom stereocenters. The lowest BCUT2D eigenvalue weighted by atomic mass is 9.96. The zero-order valence-electron chi connectivity index (χ0n) is 12.5. The zero-order valence-corrected chi connectivity index (χ0v) is 12.5. The summed E-state index contributed by atoms with van der Waals surface area (Å²) in [5.74, 6) is 3.10. The van der Waals surface area contributed by atoms with Gasteiger partial charge in [0.25, 0.3) is 0 Å². The van der Waals surface area contributed by atoms with Crippen LogP contribution in [0.15, 0.2) is 16.5 Å². The van der Waals surface area contributed by atoms with Gasteiger partial charge in [-0.05, 0) is 57.5 Å². The van der Waals surface area contributed by atoms with Crippen molar-refractivity contribution in [3.05, 3.63) is 23.7 Å². The van der Waals surface area contributed by atoms with Crippen LogP contribution in [-0.4, -0.2) is 25.0 Å². The number of nitrogens with zero attached hydrogens (tertiary/aromatic N) is 1. The number of nitrogens with one attached hydrogen (secondary N) is 1. The lowest BCUT2D eigenvalue weighted by molar-refractivity contribution is 0.246. The maximum absolute atomic E-state index is 5.84. The molecule has 19 heavy (non-hydrogen) atoms. The SMILES string of the molecule is CCCC1CCCN(Cc2ccc(CNC)o2)CC1. The molecule has 0 amide bonds. The quantitative estimate of drug-likeness (QED) is 0.853. The van der Waals surface area contributed by atoms with Crippen molar-refractivity contribution in [3.63, 3.8) is 0 Å². The van der Waals surface area contributed by atoms with Crippen LogP contribution in [-0.2, 0) is 13.1 Å². The standard InChI is InChI=1S/C16H28N2O/c1-3-5-14-6-4-10-18(11-9-14)13-16-8-7-15(19-16)12-17-2/h7-8,14,17H,3-6,9-13H2,1-2H3. The van der Waals surface area contributed by atoms with Gasteiger partial charge in [-0.3, -0.25) is 4.90 Å². The number of rotatable bonds is 6. The highest BCUT2D eigenvalue weighted by atomic mass is 16.3. The lowest BCUT2D eigenvalue weighted by Crippen LogP contribution is -2.24. The predicted molar refractivity (Wildman–Crippen MR) is 79.0 cm³/mol. The minimum absolute atomic E-state index is 0.818. The summed E-state index contributed by atoms with van der Waals surface area (Å²) in [4.78, 5) is 2.55. The number of hydrogen-bond donors (Lipinski definition) is 1. The molecule has 1 aliphatic rings. The molecule has 108 valence electrons. The molecule has 1 N–H and O–H groups in total. The number of likely N-dealkylation sites (tertiary alicyclic amines) is 1. The van der Waals surface area contributed by atoms with Crippen molar-refractivity contribution in [1.29, 1.82) is 0 Å². The second kappa shape index (κ2) is 7.71. The Labute approximate surface area is 117 Å². The Bertz CT molecular complexity index is 361. The van der Waals surface area contributed by atoms with Gasteiger partial charge in [-0.1, -0.05) is 19.8 Å². The van der Waals surface area contributed by atoms with Gasteiger partial charge in [-0.15, -0.1) is 0 Å². The van der Waals surface area contributed by atoms with Crippen molar-refractivity contribution in [3.8, 4) is 0 Å². The molecule has 0 saturated carbocycles. The van der Waals surface area contributed by atoms with Gasteiger partial charge in [0, 0.05) is 0 Å². The van der Waals surface area contributed by atoms with E-state index >= 15 is 0 Å². The van der Waals surface area contributed by atoms with Gasteiger partial charge < -0.3 is 9.73 Å². The van der Waals surface area contributed by atoms with Crippen LogP contribution in [0.25, 0.3) is 0 Å². The van der Waals surface area contributed by atoms with Crippen molar-refractivity contribution >= 4 is 0 Å². The molecule has 2 heterocycles. The van der Waals surface area contributed by atoms with Crippen molar-refractivity contribution in [2.75, 3.05) is 20.1 Å². The fourth-order valence-electron chi connectivity index (χ4n) is 3.08. The molecule has 1 aliphatic heterocycles. The third-order valence-corrected chi connectivity index (χ3v) is 4.08. The van der Waals surface area contributed by atoms with Crippen molar-refractivity contribution < 1.29 is 4.42 Å². The molecule has 0 radical (unpaired) electrons. The third-order valence-electron chi connectivity index (χ3n) is 4.08. The van der Waals surface area contributed by atoms with Gasteiger partial charge >= 0.3 is 0 Å². The molecule has 0 aromatic carbocycles. The Kier molecular flexibility index (Phi) is 5.93. The van der Waals surface area contributed by atoms with E-state index < -0.39 is 0 Å². The van der Waals surface area contributed by atoms with E-state index in [2.05, 4.69) is 29.3 Å². The smallest absolute Gasteiger partial charge is 0.118 e. The van der Waals surface area contributed by atoms with Crippen molar-refractivity contribution in [2.24, 2.45) is 5.92 Å². The van der Waals surface area contributed by atoms with Crippen molar-refractivity contribution in [1.82, 2.24) is 10.2 Å². The van der Waals surface area contributed by atoms with Crippen LogP contribution in [0.5, 0.6) is 0 Å². The summed E-state index contributed by atoms with van der Waals surface area (Å²) < 4.78 is 5.84. The van der Waals surface area contributed by atoms with E-state index in [-0.39, 0.29) is 0 Å². The van der Waals surface area contributed by atoms with Crippen molar-refractivity contribution in [2.45, 2.75) is 52.1 Å². The molecule has 0 aliphatic carbocycles. The van der Waals surface area contributed by atoms with Crippen LogP contribution in [0.3, 0.4) is 0 Å². The van der Waals surface area contributed by atoms with Gasteiger partial charge in [0.2, 0.25) is 0 Å². The molecule has 1 saturated heterocycles. The first-order valence-corrected chi connectivity index (χ1v) is 7.76. The lowest BCUT2D eigenvalue weighted by Gasteiger charge is -2.18. The summed E-state index contributed by atoms with van der Waals surface area (Å²) >= 11 is 0. The molecule has 1 unspecified atom stereocenters. The topological polar surface area (TPSA) is 28.4 Å². The first-order chi connectivity index (χ1) is 9.31. The molecule has 3 heteroatoms. The minimum atomic E-state index is 0.818. The Balaban J connectivity index is 1.81. The molecular weight excluding hydrogens is 236 g/mol. The molecule has 0 spiro atoms. The molecule has 3 nitrogen and oxygen atoms in total. The molecule has 0 bridgehead atoms. The summed E-state index contributed by atoms with van der Waals surface area (Å²) in [7, 11) is 1.95. The van der Waals surface area contributed by atoms with E-state index in [0.29, 0.717) is 0 Å². The van der Waals surface area contributed by atoms with Crippen LogP contribution >= 0.6 is 0 Å². The van der Waals surface area contributed by atoms with Gasteiger partial charge in [0.05, 0.1) is 13.1 Å². The predicted octanol–water partition coefficient (Wildman–Crippen LogP) is 3.40. The summed E-state index contributed by atoms with van der Waals surface area (Å²) in [6.07, 6.45) is 6.84. The monoisotopic (exact) mass is 264 g/mol. The summed E-state index contributed by atoms with van der Waals surface area (Å²) in [6, 6.07) is 4.21. The van der Waals surface area contributed by atoms with E-state index in [0.717, 1.165) is 30.5 Å². The van der Waals surface area contributed by atoms with E-state index in [1.807, 2.05) is 7.05 Å². The normalized spacial score (nSPS) is 21.5. The van der Waals surface area contributed by atoms with E-state index in [9.17, 15) is 0 Å².